The lowest BCUT2D eigenvalue weighted by molar-refractivity contribution is -0.393. The minimum absolute atomic E-state index is 0.00730. The second-order valence-electron chi connectivity index (χ2n) is 7.17. The zero-order valence-corrected chi connectivity index (χ0v) is 17.2. The van der Waals surface area contributed by atoms with Gasteiger partial charge in [-0.15, -0.1) is 0 Å². The van der Waals surface area contributed by atoms with Gasteiger partial charge >= 0.3 is 5.69 Å². The van der Waals surface area contributed by atoms with Crippen LogP contribution in [0.3, 0.4) is 0 Å². The van der Waals surface area contributed by atoms with E-state index in [1.165, 1.54) is 57.4 Å². The lowest BCUT2D eigenvalue weighted by atomic mass is 10.1. The van der Waals surface area contributed by atoms with Gasteiger partial charge in [-0.05, 0) is 12.5 Å². The van der Waals surface area contributed by atoms with E-state index in [4.69, 9.17) is 0 Å². The molecule has 0 fully saturated rings. The summed E-state index contributed by atoms with van der Waals surface area (Å²) in [6.07, 6.45) is 13.4. The molecule has 0 radical (unpaired) electrons. The van der Waals surface area contributed by atoms with Crippen LogP contribution in [0.2, 0.25) is 0 Å². The maximum Gasteiger partial charge on any atom is 0.300 e. The van der Waals surface area contributed by atoms with Crippen LogP contribution in [-0.2, 0) is 4.79 Å². The van der Waals surface area contributed by atoms with Gasteiger partial charge in [0.15, 0.2) is 0 Å². The fraction of sp³-hybridized carbons (Fsp3) is 0.650. The lowest BCUT2D eigenvalue weighted by Crippen LogP contribution is -2.29. The number of nitrogens with zero attached hydrogens (tertiary/aromatic N) is 2. The first-order chi connectivity index (χ1) is 14.0. The van der Waals surface area contributed by atoms with E-state index in [1.54, 1.807) is 0 Å². The van der Waals surface area contributed by atoms with Gasteiger partial charge in [-0.1, -0.05) is 71.1 Å². The van der Waals surface area contributed by atoms with Gasteiger partial charge in [0.2, 0.25) is 5.91 Å². The predicted octanol–water partition coefficient (Wildman–Crippen LogP) is 5.65. The first-order valence-corrected chi connectivity index (χ1v) is 10.4. The molecule has 0 spiro atoms. The molecule has 0 aromatic heterocycles. The van der Waals surface area contributed by atoms with Crippen LogP contribution < -0.4 is 10.9 Å². The highest BCUT2D eigenvalue weighted by Crippen LogP contribution is 2.28. The molecule has 29 heavy (non-hydrogen) atoms. The average Bonchev–Trinajstić information content (AvgIpc) is 2.70. The molecule has 0 aliphatic carbocycles. The SMILES string of the molecule is CCCCCCCCCCCCCC(=O)NNc1ccc([N+](=O)[O-])cc1[N+](=O)[O-]. The number of anilines is 1. The Bertz CT molecular complexity index is 666. The fourth-order valence-electron chi connectivity index (χ4n) is 3.04. The number of hydrogen-bond acceptors (Lipinski definition) is 6. The molecule has 162 valence electrons. The molecule has 9 heteroatoms. The molecule has 1 aromatic carbocycles. The van der Waals surface area contributed by atoms with E-state index in [0.717, 1.165) is 31.4 Å². The molecule has 1 aromatic rings. The van der Waals surface area contributed by atoms with Gasteiger partial charge in [-0.3, -0.25) is 35.9 Å². The lowest BCUT2D eigenvalue weighted by Gasteiger charge is -2.09. The van der Waals surface area contributed by atoms with Crippen LogP contribution in [0, 0.1) is 20.2 Å². The zero-order chi connectivity index (χ0) is 21.5. The Labute approximate surface area is 171 Å². The van der Waals surface area contributed by atoms with Gasteiger partial charge in [0.25, 0.3) is 5.69 Å². The monoisotopic (exact) mass is 408 g/mol. The molecule has 1 rings (SSSR count). The number of rotatable bonds is 16. The van der Waals surface area contributed by atoms with E-state index in [0.29, 0.717) is 6.42 Å². The standard InChI is InChI=1S/C20H32N4O5/c1-2-3-4-5-6-7-8-9-10-11-12-13-20(25)22-21-18-15-14-17(23(26)27)16-19(18)24(28)29/h14-16,21H,2-13H2,1H3,(H,22,25). The van der Waals surface area contributed by atoms with Crippen LogP contribution in [0.25, 0.3) is 0 Å². The van der Waals surface area contributed by atoms with Gasteiger partial charge in [0, 0.05) is 12.5 Å². The highest BCUT2D eigenvalue weighted by atomic mass is 16.6. The van der Waals surface area contributed by atoms with E-state index in [2.05, 4.69) is 17.8 Å². The minimum atomic E-state index is -0.731. The van der Waals surface area contributed by atoms with Gasteiger partial charge < -0.3 is 0 Å². The number of hydrazine groups is 1. The van der Waals surface area contributed by atoms with Crippen LogP contribution in [0.1, 0.15) is 84.0 Å². The van der Waals surface area contributed by atoms with Crippen LogP contribution >= 0.6 is 0 Å². The molecule has 0 aliphatic heterocycles. The molecule has 0 atom stereocenters. The molecule has 2 N–H and O–H groups in total. The van der Waals surface area contributed by atoms with Crippen molar-refractivity contribution in [2.75, 3.05) is 5.43 Å². The Morgan fingerprint density at radius 3 is 1.93 bits per heavy atom. The summed E-state index contributed by atoms with van der Waals surface area (Å²) in [6.45, 7) is 2.22. The molecule has 0 bridgehead atoms. The maximum absolute atomic E-state index is 11.9. The summed E-state index contributed by atoms with van der Waals surface area (Å²) in [6, 6.07) is 3.21. The number of non-ortho nitro benzene ring substituents is 1. The first kappa shape index (κ1) is 24.3. The van der Waals surface area contributed by atoms with Gasteiger partial charge in [-0.25, -0.2) is 0 Å². The number of nitrogens with one attached hydrogen (secondary N) is 2. The van der Waals surface area contributed by atoms with Crippen molar-refractivity contribution in [3.8, 4) is 0 Å². The van der Waals surface area contributed by atoms with E-state index in [9.17, 15) is 25.0 Å². The smallest absolute Gasteiger partial charge is 0.292 e. The van der Waals surface area contributed by atoms with Crippen molar-refractivity contribution in [2.45, 2.75) is 84.0 Å². The van der Waals surface area contributed by atoms with Crippen molar-refractivity contribution in [1.29, 1.82) is 0 Å². The third kappa shape index (κ3) is 10.4. The van der Waals surface area contributed by atoms with Crippen LogP contribution in [0.5, 0.6) is 0 Å². The Kier molecular flexibility index (Phi) is 12.0. The normalized spacial score (nSPS) is 10.5. The summed E-state index contributed by atoms with van der Waals surface area (Å²) in [5.74, 6) is -0.270. The van der Waals surface area contributed by atoms with E-state index in [1.807, 2.05) is 0 Å². The molecule has 0 aliphatic rings. The second-order valence-corrected chi connectivity index (χ2v) is 7.17. The number of carbonyl (C=O) groups is 1. The van der Waals surface area contributed by atoms with Crippen LogP contribution in [0.15, 0.2) is 18.2 Å². The van der Waals surface area contributed by atoms with E-state index >= 15 is 0 Å². The second kappa shape index (κ2) is 14.3. The summed E-state index contributed by atoms with van der Waals surface area (Å²) in [5.41, 5.74) is 4.07. The summed E-state index contributed by atoms with van der Waals surface area (Å²) in [7, 11) is 0. The number of benzene rings is 1. The quantitative estimate of drug-likeness (QED) is 0.207. The number of nitro groups is 2. The van der Waals surface area contributed by atoms with E-state index < -0.39 is 15.5 Å². The van der Waals surface area contributed by atoms with E-state index in [-0.39, 0.29) is 17.3 Å². The van der Waals surface area contributed by atoms with Crippen molar-refractivity contribution in [3.05, 3.63) is 38.4 Å². The Morgan fingerprint density at radius 1 is 0.862 bits per heavy atom. The highest BCUT2D eigenvalue weighted by molar-refractivity contribution is 5.78. The Hall–Kier alpha value is -2.71. The van der Waals surface area contributed by atoms with Crippen LogP contribution in [-0.4, -0.2) is 15.8 Å². The predicted molar refractivity (Wildman–Crippen MR) is 113 cm³/mol. The molecular formula is C20H32N4O5. The van der Waals surface area contributed by atoms with Crippen molar-refractivity contribution in [3.63, 3.8) is 0 Å². The minimum Gasteiger partial charge on any atom is -0.292 e. The van der Waals surface area contributed by atoms with Gasteiger partial charge in [0.05, 0.1) is 15.9 Å². The van der Waals surface area contributed by atoms with Crippen molar-refractivity contribution in [1.82, 2.24) is 5.43 Å². The third-order valence-electron chi connectivity index (χ3n) is 4.73. The number of nitro benzene ring substituents is 2. The summed E-state index contributed by atoms with van der Waals surface area (Å²) in [4.78, 5) is 32.2. The van der Waals surface area contributed by atoms with Crippen molar-refractivity contribution < 1.29 is 14.6 Å². The average molecular weight is 408 g/mol. The largest absolute Gasteiger partial charge is 0.300 e. The highest BCUT2D eigenvalue weighted by Gasteiger charge is 2.19. The summed E-state index contributed by atoms with van der Waals surface area (Å²) in [5, 5.41) is 21.8. The molecule has 1 amide bonds. The summed E-state index contributed by atoms with van der Waals surface area (Å²) < 4.78 is 0. The summed E-state index contributed by atoms with van der Waals surface area (Å²) >= 11 is 0. The molecule has 0 saturated heterocycles. The molecule has 0 unspecified atom stereocenters. The molecule has 9 nitrogen and oxygen atoms in total. The maximum atomic E-state index is 11.9. The van der Waals surface area contributed by atoms with Crippen LogP contribution in [0.4, 0.5) is 17.1 Å². The molecule has 0 heterocycles. The Balaban J connectivity index is 2.18. The number of hydrogen-bond donors (Lipinski definition) is 2. The zero-order valence-electron chi connectivity index (χ0n) is 17.2. The topological polar surface area (TPSA) is 127 Å². The number of carbonyl (C=O) groups excluding carboxylic acids is 1. The van der Waals surface area contributed by atoms with Gasteiger partial charge in [-0.2, -0.15) is 0 Å². The number of unbranched alkanes of at least 4 members (excludes halogenated alkanes) is 10. The molecule has 0 saturated carbocycles. The third-order valence-corrected chi connectivity index (χ3v) is 4.73. The Morgan fingerprint density at radius 2 is 1.41 bits per heavy atom. The number of amides is 1. The van der Waals surface area contributed by atoms with Crippen molar-refractivity contribution >= 4 is 23.0 Å². The van der Waals surface area contributed by atoms with Gasteiger partial charge in [0.1, 0.15) is 5.69 Å². The van der Waals surface area contributed by atoms with Crippen molar-refractivity contribution in [2.24, 2.45) is 0 Å². The fourth-order valence-corrected chi connectivity index (χ4v) is 3.04. The molecular weight excluding hydrogens is 376 g/mol. The first-order valence-electron chi connectivity index (χ1n) is 10.4.